The quantitative estimate of drug-likeness (QED) is 0.734. The molecule has 18 heavy (non-hydrogen) atoms. The molecule has 1 atom stereocenters. The molecule has 1 saturated heterocycles. The maximum Gasteiger partial charge on any atom is 0.324 e. The Bertz CT molecular complexity index is 408. The van der Waals surface area contributed by atoms with Crippen molar-refractivity contribution in [1.82, 2.24) is 4.31 Å². The molecule has 0 aromatic heterocycles. The molecule has 1 rings (SSSR count). The molecule has 6 heteroatoms. The van der Waals surface area contributed by atoms with Crippen LogP contribution in [0.5, 0.6) is 0 Å². The third-order valence-electron chi connectivity index (χ3n) is 2.81. The van der Waals surface area contributed by atoms with E-state index >= 15 is 0 Å². The standard InChI is InChI=1S/C12H23NO4S/c1-9(2)18(15,16)13-8-6-7-10(13)11(14)17-12(3,4)5/h9-10H,6-8H2,1-5H3/t10-/m0/s1. The third kappa shape index (κ3) is 3.45. The third-order valence-corrected chi connectivity index (χ3v) is 5.09. The van der Waals surface area contributed by atoms with Gasteiger partial charge in [0.15, 0.2) is 0 Å². The summed E-state index contributed by atoms with van der Waals surface area (Å²) in [6.45, 7) is 8.99. The van der Waals surface area contributed by atoms with Crippen molar-refractivity contribution < 1.29 is 17.9 Å². The maximum atomic E-state index is 12.1. The van der Waals surface area contributed by atoms with Crippen molar-refractivity contribution in [3.05, 3.63) is 0 Å². The predicted octanol–water partition coefficient (Wildman–Crippen LogP) is 1.53. The number of carbonyl (C=O) groups is 1. The second-order valence-corrected chi connectivity index (χ2v) is 8.34. The van der Waals surface area contributed by atoms with Gasteiger partial charge in [0.05, 0.1) is 5.25 Å². The van der Waals surface area contributed by atoms with Crippen LogP contribution in [0, 0.1) is 0 Å². The van der Waals surface area contributed by atoms with Gasteiger partial charge >= 0.3 is 5.97 Å². The molecule has 1 fully saturated rings. The van der Waals surface area contributed by atoms with E-state index in [1.165, 1.54) is 4.31 Å². The van der Waals surface area contributed by atoms with Crippen LogP contribution in [-0.4, -0.2) is 42.1 Å². The lowest BCUT2D eigenvalue weighted by molar-refractivity contribution is -0.158. The summed E-state index contributed by atoms with van der Waals surface area (Å²) in [5, 5.41) is -0.513. The zero-order valence-corrected chi connectivity index (χ0v) is 12.6. The molecule has 106 valence electrons. The predicted molar refractivity (Wildman–Crippen MR) is 69.6 cm³/mol. The van der Waals surface area contributed by atoms with E-state index in [0.717, 1.165) is 0 Å². The van der Waals surface area contributed by atoms with Crippen LogP contribution in [0.1, 0.15) is 47.5 Å². The highest BCUT2D eigenvalue weighted by Gasteiger charge is 2.41. The Balaban J connectivity index is 2.87. The van der Waals surface area contributed by atoms with Gasteiger partial charge in [0.2, 0.25) is 10.0 Å². The first-order chi connectivity index (χ1) is 8.05. The van der Waals surface area contributed by atoms with E-state index in [0.29, 0.717) is 19.4 Å². The molecule has 0 saturated carbocycles. The van der Waals surface area contributed by atoms with Crippen LogP contribution >= 0.6 is 0 Å². The maximum absolute atomic E-state index is 12.1. The first-order valence-electron chi connectivity index (χ1n) is 6.29. The molecule has 0 amide bonds. The highest BCUT2D eigenvalue weighted by Crippen LogP contribution is 2.25. The number of sulfonamides is 1. The molecule has 0 aromatic rings. The van der Waals surface area contributed by atoms with Crippen molar-refractivity contribution in [3.63, 3.8) is 0 Å². The lowest BCUT2D eigenvalue weighted by atomic mass is 10.2. The number of esters is 1. The molecule has 1 aliphatic rings. The van der Waals surface area contributed by atoms with Crippen molar-refractivity contribution in [2.45, 2.75) is 64.4 Å². The summed E-state index contributed by atoms with van der Waals surface area (Å²) in [5.74, 6) is -0.441. The van der Waals surface area contributed by atoms with E-state index in [-0.39, 0.29) is 0 Å². The summed E-state index contributed by atoms with van der Waals surface area (Å²) < 4.78 is 30.8. The van der Waals surface area contributed by atoms with Crippen LogP contribution in [0.2, 0.25) is 0 Å². The molecule has 0 N–H and O–H groups in total. The Morgan fingerprint density at radius 1 is 1.33 bits per heavy atom. The van der Waals surface area contributed by atoms with Crippen LogP contribution in [-0.2, 0) is 19.6 Å². The van der Waals surface area contributed by atoms with E-state index in [4.69, 9.17) is 4.74 Å². The van der Waals surface area contributed by atoms with E-state index in [2.05, 4.69) is 0 Å². The van der Waals surface area contributed by atoms with Gasteiger partial charge in [0, 0.05) is 6.54 Å². The highest BCUT2D eigenvalue weighted by atomic mass is 32.2. The smallest absolute Gasteiger partial charge is 0.324 e. The largest absolute Gasteiger partial charge is 0.459 e. The number of hydrogen-bond donors (Lipinski definition) is 0. The van der Waals surface area contributed by atoms with Crippen LogP contribution in [0.3, 0.4) is 0 Å². The second-order valence-electron chi connectivity index (χ2n) is 5.90. The summed E-state index contributed by atoms with van der Waals surface area (Å²) in [4.78, 5) is 12.0. The molecule has 1 heterocycles. The van der Waals surface area contributed by atoms with Gasteiger partial charge in [-0.25, -0.2) is 8.42 Å². The zero-order valence-electron chi connectivity index (χ0n) is 11.8. The van der Waals surface area contributed by atoms with Crippen LogP contribution in [0.25, 0.3) is 0 Å². The fourth-order valence-electron chi connectivity index (χ4n) is 1.92. The SMILES string of the molecule is CC(C)S(=O)(=O)N1CCC[C@H]1C(=O)OC(C)(C)C. The zero-order chi connectivity index (χ0) is 14.1. The average Bonchev–Trinajstić information content (AvgIpc) is 2.62. The molecule has 0 aromatic carbocycles. The van der Waals surface area contributed by atoms with Gasteiger partial charge in [-0.15, -0.1) is 0 Å². The van der Waals surface area contributed by atoms with Gasteiger partial charge in [0.1, 0.15) is 11.6 Å². The topological polar surface area (TPSA) is 63.7 Å². The molecular formula is C12H23NO4S. The molecular weight excluding hydrogens is 254 g/mol. The minimum Gasteiger partial charge on any atom is -0.459 e. The van der Waals surface area contributed by atoms with Crippen LogP contribution in [0.4, 0.5) is 0 Å². The normalized spacial score (nSPS) is 22.4. The number of rotatable bonds is 3. The van der Waals surface area contributed by atoms with Gasteiger partial charge in [0.25, 0.3) is 0 Å². The van der Waals surface area contributed by atoms with Gasteiger partial charge < -0.3 is 4.74 Å². The molecule has 0 aliphatic carbocycles. The van der Waals surface area contributed by atoms with Crippen LogP contribution in [0.15, 0.2) is 0 Å². The first kappa shape index (κ1) is 15.4. The summed E-state index contributed by atoms with van der Waals surface area (Å²) in [7, 11) is -3.39. The molecule has 1 aliphatic heterocycles. The minimum atomic E-state index is -3.39. The number of hydrogen-bond acceptors (Lipinski definition) is 4. The number of ether oxygens (including phenoxy) is 1. The fourth-order valence-corrected chi connectivity index (χ4v) is 3.39. The lowest BCUT2D eigenvalue weighted by Crippen LogP contribution is -2.45. The Labute approximate surface area is 110 Å². The van der Waals surface area contributed by atoms with Gasteiger partial charge in [-0.1, -0.05) is 0 Å². The van der Waals surface area contributed by atoms with E-state index < -0.39 is 32.9 Å². The Morgan fingerprint density at radius 2 is 1.89 bits per heavy atom. The van der Waals surface area contributed by atoms with E-state index in [1.54, 1.807) is 34.6 Å². The van der Waals surface area contributed by atoms with Crippen molar-refractivity contribution in [2.24, 2.45) is 0 Å². The summed E-state index contributed by atoms with van der Waals surface area (Å²) in [6.07, 6.45) is 1.25. The first-order valence-corrected chi connectivity index (χ1v) is 7.79. The molecule has 0 bridgehead atoms. The van der Waals surface area contributed by atoms with Gasteiger partial charge in [-0.3, -0.25) is 4.79 Å². The Morgan fingerprint density at radius 3 is 2.33 bits per heavy atom. The van der Waals surface area contributed by atoms with Crippen molar-refractivity contribution >= 4 is 16.0 Å². The molecule has 0 spiro atoms. The van der Waals surface area contributed by atoms with Crippen molar-refractivity contribution in [2.75, 3.05) is 6.54 Å². The van der Waals surface area contributed by atoms with E-state index in [1.807, 2.05) is 0 Å². The molecule has 5 nitrogen and oxygen atoms in total. The minimum absolute atomic E-state index is 0.407. The summed E-state index contributed by atoms with van der Waals surface area (Å²) in [5.41, 5.74) is -0.590. The molecule has 0 unspecified atom stereocenters. The molecule has 0 radical (unpaired) electrons. The second kappa shape index (κ2) is 5.17. The Kier molecular flexibility index (Phi) is 4.43. The number of nitrogens with zero attached hydrogens (tertiary/aromatic N) is 1. The fraction of sp³-hybridized carbons (Fsp3) is 0.917. The summed E-state index contributed by atoms with van der Waals surface area (Å²) >= 11 is 0. The monoisotopic (exact) mass is 277 g/mol. The number of carbonyl (C=O) groups excluding carboxylic acids is 1. The average molecular weight is 277 g/mol. The van der Waals surface area contributed by atoms with Crippen molar-refractivity contribution in [3.8, 4) is 0 Å². The van der Waals surface area contributed by atoms with Gasteiger partial charge in [-0.2, -0.15) is 4.31 Å². The summed E-state index contributed by atoms with van der Waals surface area (Å²) in [6, 6.07) is -0.656. The van der Waals surface area contributed by atoms with Crippen molar-refractivity contribution in [1.29, 1.82) is 0 Å². The lowest BCUT2D eigenvalue weighted by Gasteiger charge is -2.28. The highest BCUT2D eigenvalue weighted by molar-refractivity contribution is 7.89. The van der Waals surface area contributed by atoms with Crippen LogP contribution < -0.4 is 0 Å². The van der Waals surface area contributed by atoms with E-state index in [9.17, 15) is 13.2 Å². The van der Waals surface area contributed by atoms with Gasteiger partial charge in [-0.05, 0) is 47.5 Å². The Hall–Kier alpha value is -0.620.